The van der Waals surface area contributed by atoms with Crippen molar-refractivity contribution >= 4 is 17.8 Å². The predicted molar refractivity (Wildman–Crippen MR) is 108 cm³/mol. The lowest BCUT2D eigenvalue weighted by Gasteiger charge is -2.15. The molecule has 0 fully saturated rings. The lowest BCUT2D eigenvalue weighted by molar-refractivity contribution is -0.114. The number of ether oxygens (including phenoxy) is 4. The number of hydrogen-bond acceptors (Lipinski definition) is 8. The maximum atomic E-state index is 13.6. The van der Waals surface area contributed by atoms with Crippen LogP contribution in [0, 0.1) is 5.82 Å². The van der Waals surface area contributed by atoms with Gasteiger partial charge in [0.25, 0.3) is 5.91 Å². The second kappa shape index (κ2) is 8.90. The average molecular weight is 429 g/mol. The highest BCUT2D eigenvalue weighted by Crippen LogP contribution is 2.49. The molecular formula is C21H20FN3O6. The van der Waals surface area contributed by atoms with Gasteiger partial charge in [-0.1, -0.05) is 23.4 Å². The molecule has 31 heavy (non-hydrogen) atoms. The molecular weight excluding hydrogens is 409 g/mol. The Hall–Kier alpha value is -3.82. The van der Waals surface area contributed by atoms with Crippen LogP contribution in [-0.2, 0) is 16.1 Å². The van der Waals surface area contributed by atoms with Crippen LogP contribution < -0.4 is 24.4 Å². The fraction of sp³-hybridized carbons (Fsp3) is 0.286. The number of nitrogens with one attached hydrogen (secondary N) is 1. The summed E-state index contributed by atoms with van der Waals surface area (Å²) in [6, 6.07) is 7.88. The van der Waals surface area contributed by atoms with Gasteiger partial charge in [-0.15, -0.1) is 0 Å². The lowest BCUT2D eigenvalue weighted by Crippen LogP contribution is -2.27. The average Bonchev–Trinajstić information content (AvgIpc) is 3.44. The van der Waals surface area contributed by atoms with Gasteiger partial charge in [-0.05, 0) is 12.1 Å². The molecule has 4 rings (SSSR count). The fourth-order valence-electron chi connectivity index (χ4n) is 3.31. The molecule has 0 unspecified atom stereocenters. The molecule has 162 valence electrons. The van der Waals surface area contributed by atoms with Crippen LogP contribution in [0.5, 0.6) is 23.0 Å². The van der Waals surface area contributed by atoms with Gasteiger partial charge in [0.15, 0.2) is 11.5 Å². The molecule has 2 heterocycles. The summed E-state index contributed by atoms with van der Waals surface area (Å²) >= 11 is 0. The number of benzene rings is 2. The number of carbonyl (C=O) groups is 1. The molecule has 1 amide bonds. The molecule has 0 spiro atoms. The zero-order valence-electron chi connectivity index (χ0n) is 16.9. The summed E-state index contributed by atoms with van der Waals surface area (Å²) in [5.41, 5.74) is 3.54. The van der Waals surface area contributed by atoms with E-state index in [1.165, 1.54) is 26.5 Å². The van der Waals surface area contributed by atoms with Crippen molar-refractivity contribution in [2.24, 2.45) is 10.3 Å². The highest BCUT2D eigenvalue weighted by atomic mass is 19.1. The molecule has 2 aromatic carbocycles. The Morgan fingerprint density at radius 1 is 1.29 bits per heavy atom. The van der Waals surface area contributed by atoms with Gasteiger partial charge in [0, 0.05) is 24.0 Å². The quantitative estimate of drug-likeness (QED) is 0.536. The van der Waals surface area contributed by atoms with Gasteiger partial charge in [0.05, 0.1) is 20.4 Å². The monoisotopic (exact) mass is 429 g/mol. The standard InChI is InChI=1S/C21H20FN3O6/c1-27-17-8-13(18(28-2)20-19(17)29-11-30-20)7-14-9-16(25-31-14)21(26)24-23-10-12-5-3-4-6-15(12)22/h3-6,8,10,14H,7,9,11H2,1-2H3,(H,24,26)/b23-10-/t14-/m1/s1. The van der Waals surface area contributed by atoms with Gasteiger partial charge in [0.1, 0.15) is 17.6 Å². The van der Waals surface area contributed by atoms with E-state index in [1.807, 2.05) is 0 Å². The molecule has 0 aliphatic carbocycles. The molecule has 0 bridgehead atoms. The SMILES string of the molecule is COc1cc(C[C@@H]2CC(C(=O)N/N=C\c3ccccc3F)=NO2)c(OC)c2c1OCO2. The van der Waals surface area contributed by atoms with Crippen molar-refractivity contribution in [3.63, 3.8) is 0 Å². The van der Waals surface area contributed by atoms with Crippen LogP contribution in [0.4, 0.5) is 4.39 Å². The predicted octanol–water partition coefficient (Wildman–Crippen LogP) is 2.41. The second-order valence-corrected chi connectivity index (χ2v) is 6.73. The summed E-state index contributed by atoms with van der Waals surface area (Å²) in [5, 5.41) is 7.63. The first-order chi connectivity index (χ1) is 15.1. The zero-order valence-corrected chi connectivity index (χ0v) is 16.9. The van der Waals surface area contributed by atoms with Gasteiger partial charge in [0.2, 0.25) is 18.3 Å². The van der Waals surface area contributed by atoms with E-state index in [0.29, 0.717) is 29.4 Å². The Balaban J connectivity index is 1.39. The first kappa shape index (κ1) is 20.5. The molecule has 2 aromatic rings. The van der Waals surface area contributed by atoms with Crippen molar-refractivity contribution in [3.05, 3.63) is 47.3 Å². The number of methoxy groups -OCH3 is 2. The zero-order chi connectivity index (χ0) is 21.8. The highest BCUT2D eigenvalue weighted by molar-refractivity contribution is 6.39. The van der Waals surface area contributed by atoms with E-state index in [1.54, 1.807) is 24.3 Å². The summed E-state index contributed by atoms with van der Waals surface area (Å²) in [7, 11) is 3.07. The number of nitrogens with zero attached hydrogens (tertiary/aromatic N) is 2. The number of hydrazone groups is 1. The van der Waals surface area contributed by atoms with E-state index < -0.39 is 17.8 Å². The van der Waals surface area contributed by atoms with Crippen molar-refractivity contribution in [2.75, 3.05) is 21.0 Å². The largest absolute Gasteiger partial charge is 0.493 e. The molecule has 10 heteroatoms. The third-order valence-electron chi connectivity index (χ3n) is 4.78. The summed E-state index contributed by atoms with van der Waals surface area (Å²) in [4.78, 5) is 17.7. The summed E-state index contributed by atoms with van der Waals surface area (Å²) in [6.07, 6.45) is 1.50. The van der Waals surface area contributed by atoms with Gasteiger partial charge < -0.3 is 23.8 Å². The number of rotatable bonds is 7. The normalized spacial score (nSPS) is 16.7. The van der Waals surface area contributed by atoms with Crippen LogP contribution in [0.2, 0.25) is 0 Å². The van der Waals surface area contributed by atoms with Crippen molar-refractivity contribution in [2.45, 2.75) is 18.9 Å². The van der Waals surface area contributed by atoms with Crippen LogP contribution in [0.3, 0.4) is 0 Å². The minimum atomic E-state index is -0.523. The maximum Gasteiger partial charge on any atom is 0.289 e. The Bertz CT molecular complexity index is 1060. The van der Waals surface area contributed by atoms with E-state index in [-0.39, 0.29) is 24.5 Å². The summed E-state index contributed by atoms with van der Waals surface area (Å²) in [5.74, 6) is 1.03. The van der Waals surface area contributed by atoms with Gasteiger partial charge in [-0.2, -0.15) is 5.10 Å². The molecule has 9 nitrogen and oxygen atoms in total. The smallest absolute Gasteiger partial charge is 0.289 e. The number of fused-ring (bicyclic) bond motifs is 1. The van der Waals surface area contributed by atoms with Crippen LogP contribution >= 0.6 is 0 Å². The number of hydrogen-bond donors (Lipinski definition) is 1. The Kier molecular flexibility index (Phi) is 5.87. The molecule has 2 aliphatic rings. The summed E-state index contributed by atoms with van der Waals surface area (Å²) in [6.45, 7) is 0.0757. The minimum Gasteiger partial charge on any atom is -0.493 e. The van der Waals surface area contributed by atoms with E-state index in [2.05, 4.69) is 15.7 Å². The molecule has 0 saturated carbocycles. The van der Waals surface area contributed by atoms with Gasteiger partial charge in [-0.3, -0.25) is 4.79 Å². The highest BCUT2D eigenvalue weighted by Gasteiger charge is 2.31. The Morgan fingerprint density at radius 3 is 2.87 bits per heavy atom. The Morgan fingerprint density at radius 2 is 2.10 bits per heavy atom. The maximum absolute atomic E-state index is 13.6. The third-order valence-corrected chi connectivity index (χ3v) is 4.78. The minimum absolute atomic E-state index is 0.0757. The van der Waals surface area contributed by atoms with Crippen molar-refractivity contribution in [3.8, 4) is 23.0 Å². The Labute approximate surface area is 177 Å². The molecule has 2 aliphatic heterocycles. The number of oxime groups is 1. The van der Waals surface area contributed by atoms with E-state index in [9.17, 15) is 9.18 Å². The summed E-state index contributed by atoms with van der Waals surface area (Å²) < 4.78 is 35.4. The van der Waals surface area contributed by atoms with Gasteiger partial charge in [-0.25, -0.2) is 9.82 Å². The van der Waals surface area contributed by atoms with E-state index in [4.69, 9.17) is 23.8 Å². The van der Waals surface area contributed by atoms with Crippen LogP contribution in [0.15, 0.2) is 40.6 Å². The van der Waals surface area contributed by atoms with Crippen molar-refractivity contribution in [1.29, 1.82) is 0 Å². The molecule has 0 radical (unpaired) electrons. The molecule has 1 atom stereocenters. The second-order valence-electron chi connectivity index (χ2n) is 6.73. The first-order valence-electron chi connectivity index (χ1n) is 9.44. The van der Waals surface area contributed by atoms with Crippen molar-refractivity contribution in [1.82, 2.24) is 5.43 Å². The van der Waals surface area contributed by atoms with E-state index in [0.717, 1.165) is 5.56 Å². The van der Waals surface area contributed by atoms with Crippen molar-refractivity contribution < 1.29 is 33.0 Å². The molecule has 0 saturated heterocycles. The van der Waals surface area contributed by atoms with Crippen LogP contribution in [-0.4, -0.2) is 44.9 Å². The number of halogens is 1. The number of amides is 1. The first-order valence-corrected chi connectivity index (χ1v) is 9.44. The fourth-order valence-corrected chi connectivity index (χ4v) is 3.31. The molecule has 0 aromatic heterocycles. The van der Waals surface area contributed by atoms with Crippen LogP contribution in [0.1, 0.15) is 17.5 Å². The topological polar surface area (TPSA) is 100.0 Å². The van der Waals surface area contributed by atoms with E-state index >= 15 is 0 Å². The lowest BCUT2D eigenvalue weighted by atomic mass is 10.0. The number of carbonyl (C=O) groups excluding carboxylic acids is 1. The third kappa shape index (κ3) is 4.23. The van der Waals surface area contributed by atoms with Gasteiger partial charge >= 0.3 is 0 Å². The molecule has 1 N–H and O–H groups in total. The van der Waals surface area contributed by atoms with Crippen LogP contribution in [0.25, 0.3) is 0 Å².